The summed E-state index contributed by atoms with van der Waals surface area (Å²) in [6.07, 6.45) is 3.10. The first kappa shape index (κ1) is 14.7. The van der Waals surface area contributed by atoms with Crippen LogP contribution in [0.3, 0.4) is 0 Å². The third-order valence-electron chi connectivity index (χ3n) is 3.01. The summed E-state index contributed by atoms with van der Waals surface area (Å²) in [4.78, 5) is 23.2. The first-order chi connectivity index (χ1) is 9.56. The van der Waals surface area contributed by atoms with Crippen LogP contribution in [0.15, 0.2) is 18.2 Å². The van der Waals surface area contributed by atoms with Gasteiger partial charge in [-0.2, -0.15) is 0 Å². The molecule has 1 aromatic rings. The molecule has 2 rings (SSSR count). The number of nitrogens with one attached hydrogen (secondary N) is 2. The zero-order chi connectivity index (χ0) is 14.5. The Balaban J connectivity index is 1.70. The highest BCUT2D eigenvalue weighted by Gasteiger charge is 2.22. The van der Waals surface area contributed by atoms with E-state index in [2.05, 4.69) is 10.6 Å². The number of phenolic OH excluding ortho intramolecular Hbond substituents is 1. The summed E-state index contributed by atoms with van der Waals surface area (Å²) < 4.78 is 0. The van der Waals surface area contributed by atoms with Gasteiger partial charge in [0.2, 0.25) is 5.91 Å². The topological polar surface area (TPSA) is 78.4 Å². The lowest BCUT2D eigenvalue weighted by Crippen LogP contribution is -2.28. The second-order valence-electron chi connectivity index (χ2n) is 4.86. The Labute approximate surface area is 122 Å². The van der Waals surface area contributed by atoms with Crippen LogP contribution in [0.2, 0.25) is 5.02 Å². The lowest BCUT2D eigenvalue weighted by molar-refractivity contribution is -0.121. The number of aromatic hydroxyl groups is 1. The van der Waals surface area contributed by atoms with Gasteiger partial charge in [-0.05, 0) is 37.5 Å². The summed E-state index contributed by atoms with van der Waals surface area (Å²) in [6.45, 7) is 0.388. The molecule has 1 aliphatic carbocycles. The normalized spacial score (nSPS) is 13.8. The van der Waals surface area contributed by atoms with E-state index in [9.17, 15) is 14.7 Å². The Hall–Kier alpha value is -1.75. The quantitative estimate of drug-likeness (QED) is 0.701. The molecule has 0 aromatic heterocycles. The molecule has 0 unspecified atom stereocenters. The lowest BCUT2D eigenvalue weighted by Gasteiger charge is -2.07. The summed E-state index contributed by atoms with van der Waals surface area (Å²) in [6, 6.07) is 4.69. The molecular formula is C14H17ClN2O3. The van der Waals surface area contributed by atoms with E-state index in [1.165, 1.54) is 12.1 Å². The Kier molecular flexibility index (Phi) is 4.84. The molecule has 1 fully saturated rings. The third-order valence-corrected chi connectivity index (χ3v) is 3.25. The van der Waals surface area contributed by atoms with Crippen molar-refractivity contribution in [2.45, 2.75) is 31.7 Å². The average Bonchev–Trinajstić information content (AvgIpc) is 3.18. The molecule has 0 atom stereocenters. The molecule has 0 heterocycles. The molecule has 0 saturated heterocycles. The molecule has 0 spiro atoms. The van der Waals surface area contributed by atoms with Gasteiger partial charge >= 0.3 is 0 Å². The molecule has 5 nitrogen and oxygen atoms in total. The lowest BCUT2D eigenvalue weighted by atomic mass is 10.2. The maximum atomic E-state index is 11.8. The van der Waals surface area contributed by atoms with Gasteiger partial charge in [0, 0.05) is 24.0 Å². The van der Waals surface area contributed by atoms with E-state index in [0.717, 1.165) is 12.8 Å². The largest absolute Gasteiger partial charge is 0.507 e. The van der Waals surface area contributed by atoms with Crippen LogP contribution in [-0.2, 0) is 4.79 Å². The van der Waals surface area contributed by atoms with Crippen molar-refractivity contribution in [3.63, 3.8) is 0 Å². The fourth-order valence-electron chi connectivity index (χ4n) is 1.77. The summed E-state index contributed by atoms with van der Waals surface area (Å²) in [7, 11) is 0. The van der Waals surface area contributed by atoms with Crippen LogP contribution in [0.4, 0.5) is 0 Å². The van der Waals surface area contributed by atoms with Crippen molar-refractivity contribution < 1.29 is 14.7 Å². The molecular weight excluding hydrogens is 280 g/mol. The van der Waals surface area contributed by atoms with Crippen molar-refractivity contribution in [2.75, 3.05) is 6.54 Å². The molecule has 20 heavy (non-hydrogen) atoms. The van der Waals surface area contributed by atoms with Crippen LogP contribution >= 0.6 is 11.6 Å². The van der Waals surface area contributed by atoms with Gasteiger partial charge in [0.15, 0.2) is 0 Å². The molecule has 0 aliphatic heterocycles. The van der Waals surface area contributed by atoms with Crippen LogP contribution in [0.1, 0.15) is 36.0 Å². The standard InChI is InChI=1S/C14H17ClN2O3/c15-9-3-6-11(12(18)8-9)14(20)16-7-1-2-13(19)17-10-4-5-10/h3,6,8,10,18H,1-2,4-5,7H2,(H,16,20)(H,17,19). The van der Waals surface area contributed by atoms with Crippen LogP contribution in [0.25, 0.3) is 0 Å². The van der Waals surface area contributed by atoms with Crippen molar-refractivity contribution in [3.8, 4) is 5.75 Å². The van der Waals surface area contributed by atoms with Gasteiger partial charge in [0.1, 0.15) is 5.75 Å². The minimum Gasteiger partial charge on any atom is -0.507 e. The van der Waals surface area contributed by atoms with Gasteiger partial charge in [-0.3, -0.25) is 9.59 Å². The van der Waals surface area contributed by atoms with Crippen LogP contribution < -0.4 is 10.6 Å². The molecule has 2 amide bonds. The van der Waals surface area contributed by atoms with Crippen molar-refractivity contribution in [2.24, 2.45) is 0 Å². The number of rotatable bonds is 6. The molecule has 108 valence electrons. The van der Waals surface area contributed by atoms with Crippen molar-refractivity contribution in [1.29, 1.82) is 0 Å². The second kappa shape index (κ2) is 6.61. The minimum absolute atomic E-state index is 0.0242. The monoisotopic (exact) mass is 296 g/mol. The molecule has 3 N–H and O–H groups in total. The number of phenols is 1. The highest BCUT2D eigenvalue weighted by atomic mass is 35.5. The molecule has 0 bridgehead atoms. The maximum Gasteiger partial charge on any atom is 0.255 e. The van der Waals surface area contributed by atoms with E-state index in [-0.39, 0.29) is 23.1 Å². The Morgan fingerprint density at radius 1 is 1.35 bits per heavy atom. The first-order valence-electron chi connectivity index (χ1n) is 6.62. The molecule has 1 saturated carbocycles. The number of carbonyl (C=O) groups is 2. The van der Waals surface area contributed by atoms with Gasteiger partial charge in [-0.1, -0.05) is 11.6 Å². The van der Waals surface area contributed by atoms with E-state index < -0.39 is 0 Å². The number of benzene rings is 1. The third kappa shape index (κ3) is 4.42. The van der Waals surface area contributed by atoms with E-state index in [1.54, 1.807) is 6.07 Å². The number of hydrogen-bond acceptors (Lipinski definition) is 3. The SMILES string of the molecule is O=C(CCCNC(=O)c1ccc(Cl)cc1O)NC1CC1. The summed E-state index contributed by atoms with van der Waals surface area (Å²) in [5, 5.41) is 15.5. The highest BCUT2D eigenvalue weighted by molar-refractivity contribution is 6.30. The van der Waals surface area contributed by atoms with Crippen LogP contribution in [0, 0.1) is 0 Å². The van der Waals surface area contributed by atoms with Crippen molar-refractivity contribution >= 4 is 23.4 Å². The number of hydrogen-bond donors (Lipinski definition) is 3. The zero-order valence-corrected chi connectivity index (χ0v) is 11.7. The Morgan fingerprint density at radius 3 is 2.75 bits per heavy atom. The Bertz CT molecular complexity index is 515. The fraction of sp³-hybridized carbons (Fsp3) is 0.429. The first-order valence-corrected chi connectivity index (χ1v) is 7.00. The van der Waals surface area contributed by atoms with Gasteiger partial charge in [0.05, 0.1) is 5.56 Å². The molecule has 1 aliphatic rings. The smallest absolute Gasteiger partial charge is 0.255 e. The number of carbonyl (C=O) groups excluding carboxylic acids is 2. The van der Waals surface area contributed by atoms with Gasteiger partial charge < -0.3 is 15.7 Å². The number of amides is 2. The van der Waals surface area contributed by atoms with Gasteiger partial charge in [0.25, 0.3) is 5.91 Å². The maximum absolute atomic E-state index is 11.8. The van der Waals surface area contributed by atoms with E-state index in [4.69, 9.17) is 11.6 Å². The fourth-order valence-corrected chi connectivity index (χ4v) is 1.94. The van der Waals surface area contributed by atoms with Crippen LogP contribution in [-0.4, -0.2) is 29.5 Å². The van der Waals surface area contributed by atoms with Gasteiger partial charge in [-0.25, -0.2) is 0 Å². The summed E-state index contributed by atoms with van der Waals surface area (Å²) in [5.74, 6) is -0.501. The minimum atomic E-state index is -0.373. The van der Waals surface area contributed by atoms with Crippen molar-refractivity contribution in [1.82, 2.24) is 10.6 Å². The zero-order valence-electron chi connectivity index (χ0n) is 11.0. The van der Waals surface area contributed by atoms with Crippen molar-refractivity contribution in [3.05, 3.63) is 28.8 Å². The summed E-state index contributed by atoms with van der Waals surface area (Å²) >= 11 is 5.69. The molecule has 1 aromatic carbocycles. The highest BCUT2D eigenvalue weighted by Crippen LogP contribution is 2.21. The average molecular weight is 297 g/mol. The number of halogens is 1. The van der Waals surface area contributed by atoms with E-state index >= 15 is 0 Å². The Morgan fingerprint density at radius 2 is 2.10 bits per heavy atom. The van der Waals surface area contributed by atoms with Crippen LogP contribution in [0.5, 0.6) is 5.75 Å². The molecule has 0 radical (unpaired) electrons. The van der Waals surface area contributed by atoms with E-state index in [1.807, 2.05) is 0 Å². The van der Waals surface area contributed by atoms with E-state index in [0.29, 0.717) is 30.5 Å². The second-order valence-corrected chi connectivity index (χ2v) is 5.30. The predicted octanol–water partition coefficient (Wildman–Crippen LogP) is 1.83. The van der Waals surface area contributed by atoms with Gasteiger partial charge in [-0.15, -0.1) is 0 Å². The molecule has 6 heteroatoms. The predicted molar refractivity (Wildman–Crippen MR) is 75.8 cm³/mol. The summed E-state index contributed by atoms with van der Waals surface area (Å²) in [5.41, 5.74) is 0.178.